The average Bonchev–Trinajstić information content (AvgIpc) is 2.96. The highest BCUT2D eigenvalue weighted by Crippen LogP contribution is 2.36. The van der Waals surface area contributed by atoms with Gasteiger partial charge in [-0.25, -0.2) is 4.98 Å². The molecule has 0 saturated heterocycles. The van der Waals surface area contributed by atoms with Gasteiger partial charge in [-0.1, -0.05) is 24.4 Å². The van der Waals surface area contributed by atoms with Crippen LogP contribution in [0.5, 0.6) is 0 Å². The summed E-state index contributed by atoms with van der Waals surface area (Å²) in [4.78, 5) is 10.0. The molecule has 1 N–H and O–H groups in total. The van der Waals surface area contributed by atoms with Crippen molar-refractivity contribution in [3.63, 3.8) is 0 Å². The molecule has 6 heteroatoms. The Hall–Kier alpha value is -0.910. The average molecular weight is 311 g/mol. The third-order valence-electron chi connectivity index (χ3n) is 4.51. The number of nitrogens with one attached hydrogen (secondary N) is 1. The van der Waals surface area contributed by atoms with Crippen LogP contribution in [0.2, 0.25) is 5.02 Å². The van der Waals surface area contributed by atoms with E-state index in [2.05, 4.69) is 33.5 Å². The molecule has 0 amide bonds. The number of rotatable bonds is 3. The number of aromatic amines is 1. The lowest BCUT2D eigenvalue weighted by molar-refractivity contribution is 0.134. The normalized spacial score (nSPS) is 18.2. The van der Waals surface area contributed by atoms with Gasteiger partial charge >= 0.3 is 0 Å². The topological polar surface area (TPSA) is 36.9 Å². The molecular weight excluding hydrogens is 292 g/mol. The minimum absolute atomic E-state index is 0.189. The molecule has 0 atom stereocenters. The molecule has 108 valence electrons. The van der Waals surface area contributed by atoms with Gasteiger partial charge in [-0.3, -0.25) is 4.57 Å². The van der Waals surface area contributed by atoms with E-state index in [1.807, 2.05) is 6.07 Å². The maximum Gasteiger partial charge on any atom is 0.179 e. The van der Waals surface area contributed by atoms with Gasteiger partial charge in [-0.05, 0) is 45.2 Å². The van der Waals surface area contributed by atoms with Crippen LogP contribution < -0.4 is 0 Å². The van der Waals surface area contributed by atoms with Crippen molar-refractivity contribution in [3.8, 4) is 0 Å². The summed E-state index contributed by atoms with van der Waals surface area (Å²) in [7, 11) is 4.32. The van der Waals surface area contributed by atoms with E-state index in [1.54, 1.807) is 6.20 Å². The molecule has 0 bridgehead atoms. The van der Waals surface area contributed by atoms with Crippen molar-refractivity contribution in [3.05, 3.63) is 22.1 Å². The van der Waals surface area contributed by atoms with Crippen LogP contribution >= 0.6 is 23.8 Å². The van der Waals surface area contributed by atoms with Crippen molar-refractivity contribution < 1.29 is 0 Å². The van der Waals surface area contributed by atoms with Gasteiger partial charge in [-0.2, -0.15) is 0 Å². The lowest BCUT2D eigenvalue weighted by Gasteiger charge is -2.36. The van der Waals surface area contributed by atoms with Gasteiger partial charge in [0.15, 0.2) is 10.4 Å². The lowest BCUT2D eigenvalue weighted by atomic mass is 9.96. The summed E-state index contributed by atoms with van der Waals surface area (Å²) in [5.41, 5.74) is 2.00. The second-order valence-corrected chi connectivity index (χ2v) is 6.69. The van der Waals surface area contributed by atoms with E-state index < -0.39 is 0 Å². The van der Waals surface area contributed by atoms with Crippen LogP contribution in [0.1, 0.15) is 25.7 Å². The Morgan fingerprint density at radius 1 is 1.45 bits per heavy atom. The van der Waals surface area contributed by atoms with Gasteiger partial charge < -0.3 is 9.88 Å². The molecule has 1 fully saturated rings. The first kappa shape index (κ1) is 14.0. The summed E-state index contributed by atoms with van der Waals surface area (Å²) in [5, 5.41) is 0.629. The number of fused-ring (bicyclic) bond motifs is 1. The van der Waals surface area contributed by atoms with E-state index in [0.29, 0.717) is 5.02 Å². The van der Waals surface area contributed by atoms with Crippen molar-refractivity contribution in [1.82, 2.24) is 19.4 Å². The van der Waals surface area contributed by atoms with Crippen molar-refractivity contribution in [2.24, 2.45) is 0 Å². The van der Waals surface area contributed by atoms with Crippen LogP contribution in [0.4, 0.5) is 0 Å². The minimum atomic E-state index is 0.189. The molecule has 4 nitrogen and oxygen atoms in total. The molecule has 0 aliphatic heterocycles. The summed E-state index contributed by atoms with van der Waals surface area (Å²) in [6.07, 6.45) is 6.67. The van der Waals surface area contributed by atoms with Crippen LogP contribution in [-0.2, 0) is 6.54 Å². The molecule has 1 aliphatic carbocycles. The quantitative estimate of drug-likeness (QED) is 0.880. The SMILES string of the molecule is CN(C)C1(Cn2c(=S)[nH]c3cc(Cl)cnc32)CCCC1. The Balaban J connectivity index is 2.06. The third kappa shape index (κ3) is 2.28. The summed E-state index contributed by atoms with van der Waals surface area (Å²) >= 11 is 11.5. The maximum atomic E-state index is 5.99. The molecule has 1 aliphatic rings. The highest BCUT2D eigenvalue weighted by molar-refractivity contribution is 7.71. The molecule has 1 saturated carbocycles. The molecule has 0 spiro atoms. The molecule has 0 unspecified atom stereocenters. The molecule has 2 aromatic heterocycles. The Labute approximate surface area is 128 Å². The standard InChI is InChI=1S/C14H19ClN4S/c1-18(2)14(5-3-4-6-14)9-19-12-11(17-13(19)20)7-10(15)8-16-12/h7-8H,3-6,9H2,1-2H3,(H,17,20). The van der Waals surface area contributed by atoms with Gasteiger partial charge in [0.2, 0.25) is 0 Å². The zero-order valence-electron chi connectivity index (χ0n) is 11.8. The van der Waals surface area contributed by atoms with Crippen molar-refractivity contribution >= 4 is 35.0 Å². The molecular formula is C14H19ClN4S. The second kappa shape index (κ2) is 5.13. The Morgan fingerprint density at radius 3 is 2.80 bits per heavy atom. The predicted molar refractivity (Wildman–Crippen MR) is 84.8 cm³/mol. The number of imidazole rings is 1. The first-order valence-electron chi connectivity index (χ1n) is 6.93. The number of likely N-dealkylation sites (N-methyl/N-ethyl adjacent to an activating group) is 1. The zero-order valence-corrected chi connectivity index (χ0v) is 13.4. The number of nitrogens with zero attached hydrogens (tertiary/aromatic N) is 3. The van der Waals surface area contributed by atoms with Gasteiger partial charge in [0.1, 0.15) is 0 Å². The fraction of sp³-hybridized carbons (Fsp3) is 0.571. The highest BCUT2D eigenvalue weighted by Gasteiger charge is 2.36. The number of halogens is 1. The van der Waals surface area contributed by atoms with Crippen molar-refractivity contribution in [2.75, 3.05) is 14.1 Å². The van der Waals surface area contributed by atoms with E-state index in [4.69, 9.17) is 23.8 Å². The van der Waals surface area contributed by atoms with Crippen LogP contribution in [0.15, 0.2) is 12.3 Å². The molecule has 20 heavy (non-hydrogen) atoms. The second-order valence-electron chi connectivity index (χ2n) is 5.87. The van der Waals surface area contributed by atoms with E-state index >= 15 is 0 Å². The smallest absolute Gasteiger partial charge is 0.179 e. The van der Waals surface area contributed by atoms with Crippen molar-refractivity contribution in [1.29, 1.82) is 0 Å². The molecule has 0 radical (unpaired) electrons. The maximum absolute atomic E-state index is 5.99. The number of pyridine rings is 1. The molecule has 3 rings (SSSR count). The Bertz CT molecular complexity index is 682. The first-order chi connectivity index (χ1) is 9.52. The molecule has 2 heterocycles. The molecule has 0 aromatic carbocycles. The summed E-state index contributed by atoms with van der Waals surface area (Å²) in [6.45, 7) is 0.882. The number of H-pyrrole nitrogens is 1. The predicted octanol–water partition coefficient (Wildman–Crippen LogP) is 3.62. The zero-order chi connectivity index (χ0) is 14.3. The van der Waals surface area contributed by atoms with E-state index in [-0.39, 0.29) is 5.54 Å². The van der Waals surface area contributed by atoms with Gasteiger partial charge in [-0.15, -0.1) is 0 Å². The number of hydrogen-bond acceptors (Lipinski definition) is 3. The summed E-state index contributed by atoms with van der Waals surface area (Å²) < 4.78 is 2.84. The van der Waals surface area contributed by atoms with E-state index in [1.165, 1.54) is 25.7 Å². The monoisotopic (exact) mass is 310 g/mol. The highest BCUT2D eigenvalue weighted by atomic mass is 35.5. The number of aromatic nitrogens is 3. The first-order valence-corrected chi connectivity index (χ1v) is 7.72. The van der Waals surface area contributed by atoms with Crippen LogP contribution in [-0.4, -0.2) is 39.1 Å². The molecule has 2 aromatic rings. The largest absolute Gasteiger partial charge is 0.329 e. The van der Waals surface area contributed by atoms with E-state index in [9.17, 15) is 0 Å². The lowest BCUT2D eigenvalue weighted by Crippen LogP contribution is -2.45. The van der Waals surface area contributed by atoms with Gasteiger partial charge in [0.25, 0.3) is 0 Å². The fourth-order valence-corrected chi connectivity index (χ4v) is 3.66. The van der Waals surface area contributed by atoms with Crippen molar-refractivity contribution in [2.45, 2.75) is 37.8 Å². The fourth-order valence-electron chi connectivity index (χ4n) is 3.24. The van der Waals surface area contributed by atoms with Gasteiger partial charge in [0, 0.05) is 18.3 Å². The number of hydrogen-bond donors (Lipinski definition) is 1. The van der Waals surface area contributed by atoms with E-state index in [0.717, 1.165) is 22.5 Å². The third-order valence-corrected chi connectivity index (χ3v) is 5.04. The van der Waals surface area contributed by atoms with Crippen LogP contribution in [0.25, 0.3) is 11.2 Å². The van der Waals surface area contributed by atoms with Crippen LogP contribution in [0, 0.1) is 4.77 Å². The summed E-state index contributed by atoms with van der Waals surface area (Å²) in [6, 6.07) is 1.88. The van der Waals surface area contributed by atoms with Gasteiger partial charge in [0.05, 0.1) is 10.5 Å². The van der Waals surface area contributed by atoms with Crippen LogP contribution in [0.3, 0.4) is 0 Å². The Kier molecular flexibility index (Phi) is 3.60. The summed E-state index contributed by atoms with van der Waals surface area (Å²) in [5.74, 6) is 0. The Morgan fingerprint density at radius 2 is 2.15 bits per heavy atom. The minimum Gasteiger partial charge on any atom is -0.329 e.